The molecule has 2 saturated heterocycles. The smallest absolute Gasteiger partial charge is 0.337 e. The lowest BCUT2D eigenvalue weighted by Crippen LogP contribution is -2.51. The topological polar surface area (TPSA) is 224 Å². The minimum absolute atomic E-state index is 0. The molecule has 2 aliphatic rings. The molecule has 0 unspecified atom stereocenters. The van der Waals surface area contributed by atoms with E-state index in [0.29, 0.717) is 68.3 Å². The minimum atomic E-state index is -3.88. The van der Waals surface area contributed by atoms with Crippen molar-refractivity contribution in [2.75, 3.05) is 128 Å². The van der Waals surface area contributed by atoms with Crippen LogP contribution in [0.15, 0.2) is 109 Å². The maximum Gasteiger partial charge on any atom is 0.337 e. The number of nitrogens with one attached hydrogen (secondary N) is 1. The van der Waals surface area contributed by atoms with Crippen molar-refractivity contribution in [2.45, 2.75) is 13.1 Å². The van der Waals surface area contributed by atoms with E-state index in [9.17, 15) is 43.3 Å². The van der Waals surface area contributed by atoms with Gasteiger partial charge in [-0.3, -0.25) is 18.4 Å². The van der Waals surface area contributed by atoms with E-state index in [1.54, 1.807) is 99.0 Å². The zero-order valence-electron chi connectivity index (χ0n) is 41.2. The van der Waals surface area contributed by atoms with Gasteiger partial charge in [0.1, 0.15) is 0 Å². The Labute approximate surface area is 436 Å². The Kier molecular flexibility index (Phi) is 24.8. The van der Waals surface area contributed by atoms with Crippen molar-refractivity contribution in [2.24, 2.45) is 0 Å². The largest absolute Gasteiger partial charge is 0.465 e. The van der Waals surface area contributed by atoms with Crippen molar-refractivity contribution in [3.8, 4) is 0 Å². The highest BCUT2D eigenvalue weighted by molar-refractivity contribution is 8.13. The monoisotopic (exact) mass is 1120 g/mol. The van der Waals surface area contributed by atoms with Gasteiger partial charge in [-0.2, -0.15) is 29.8 Å². The third kappa shape index (κ3) is 19.8. The predicted octanol–water partition coefficient (Wildman–Crippen LogP) is 3.40. The Bertz CT molecular complexity index is 2750. The first-order valence-electron chi connectivity index (χ1n) is 22.4. The van der Waals surface area contributed by atoms with Crippen LogP contribution in [0.3, 0.4) is 0 Å². The summed E-state index contributed by atoms with van der Waals surface area (Å²) in [4.78, 5) is 27.7. The van der Waals surface area contributed by atoms with Crippen molar-refractivity contribution in [3.05, 3.63) is 131 Å². The number of sulfonamides is 1. The van der Waals surface area contributed by atoms with Crippen LogP contribution in [0.1, 0.15) is 31.8 Å². The molecular weight excluding hydrogens is 1060 g/mol. The van der Waals surface area contributed by atoms with Crippen molar-refractivity contribution in [1.29, 1.82) is 0 Å². The van der Waals surface area contributed by atoms with E-state index in [4.69, 9.17) is 9.47 Å². The Morgan fingerprint density at radius 1 is 0.556 bits per heavy atom. The number of para-hydroxylation sites is 2. The number of rotatable bonds is 19. The summed E-state index contributed by atoms with van der Waals surface area (Å²) in [5.41, 5.74) is 3.42. The second-order valence-electron chi connectivity index (χ2n) is 16.5. The summed E-state index contributed by atoms with van der Waals surface area (Å²) in [6.07, 6.45) is 2.12. The lowest BCUT2D eigenvalue weighted by atomic mass is 10.1. The second kappa shape index (κ2) is 28.9. The van der Waals surface area contributed by atoms with E-state index in [1.807, 2.05) is 24.3 Å². The van der Waals surface area contributed by atoms with Crippen molar-refractivity contribution in [1.82, 2.24) is 28.0 Å². The third-order valence-electron chi connectivity index (χ3n) is 11.3. The van der Waals surface area contributed by atoms with Gasteiger partial charge in [-0.25, -0.2) is 26.4 Å². The van der Waals surface area contributed by atoms with Crippen LogP contribution in [0.4, 0.5) is 11.4 Å². The number of nitrogens with zero attached hydrogens (tertiary/aromatic N) is 7. The van der Waals surface area contributed by atoms with Crippen molar-refractivity contribution in [3.63, 3.8) is 0 Å². The average Bonchev–Trinajstić information content (AvgIpc) is 3.35. The van der Waals surface area contributed by atoms with Gasteiger partial charge >= 0.3 is 32.4 Å². The molecule has 26 heteroatoms. The van der Waals surface area contributed by atoms with Crippen LogP contribution >= 0.6 is 23.1 Å². The molecule has 400 valence electrons. The molecule has 20 nitrogen and oxygen atoms in total. The lowest BCUT2D eigenvalue weighted by molar-refractivity contribution is 0.0592. The number of esters is 2. The van der Waals surface area contributed by atoms with Gasteiger partial charge in [-0.05, 0) is 59.7 Å². The van der Waals surface area contributed by atoms with Gasteiger partial charge < -0.3 is 14.8 Å². The number of piperazine rings is 2. The fraction of sp³-hybridized carbons (Fsp3) is 0.435. The fourth-order valence-electron chi connectivity index (χ4n) is 7.21. The highest BCUT2D eigenvalue weighted by atomic mass is 35.7. The van der Waals surface area contributed by atoms with Crippen LogP contribution in [0.2, 0.25) is 0 Å². The van der Waals surface area contributed by atoms with Gasteiger partial charge in [0.15, 0.2) is 0 Å². The quantitative estimate of drug-likeness (QED) is 0.105. The number of likely N-dealkylation sites (N-methyl/N-ethyl adjacent to an activating group) is 2. The van der Waals surface area contributed by atoms with Gasteiger partial charge in [-0.1, -0.05) is 60.7 Å². The van der Waals surface area contributed by atoms with E-state index >= 15 is 0 Å². The van der Waals surface area contributed by atoms with E-state index in [1.165, 1.54) is 42.0 Å². The second-order valence-corrected chi connectivity index (χ2v) is 25.4. The molecule has 2 aliphatic heterocycles. The van der Waals surface area contributed by atoms with Crippen LogP contribution in [0.5, 0.6) is 0 Å². The van der Waals surface area contributed by atoms with E-state index < -0.39 is 51.4 Å². The van der Waals surface area contributed by atoms with Gasteiger partial charge in [-0.15, -0.1) is 12.4 Å². The summed E-state index contributed by atoms with van der Waals surface area (Å²) >= 11 is 0. The Morgan fingerprint density at radius 2 is 0.889 bits per heavy atom. The first-order chi connectivity index (χ1) is 33.4. The van der Waals surface area contributed by atoms with Gasteiger partial charge in [0.05, 0.1) is 62.3 Å². The number of carbonyl (C=O) groups is 2. The summed E-state index contributed by atoms with van der Waals surface area (Å²) in [6, 6.07) is 31.3. The van der Waals surface area contributed by atoms with E-state index in [-0.39, 0.29) is 32.0 Å². The normalized spacial score (nSPS) is 15.0. The molecule has 6 rings (SSSR count). The van der Waals surface area contributed by atoms with Crippen LogP contribution in [0.25, 0.3) is 0 Å². The molecule has 4 aromatic rings. The van der Waals surface area contributed by atoms with Crippen LogP contribution in [-0.2, 0) is 62.1 Å². The molecule has 0 saturated carbocycles. The molecule has 0 bridgehead atoms. The first kappa shape index (κ1) is 61.9. The number of ether oxygens (including phenoxy) is 2. The lowest BCUT2D eigenvalue weighted by Gasteiger charge is -2.35. The maximum absolute atomic E-state index is 13.6. The SMILES string of the molecule is COC(=O)c1ccc(CN(c2ccccc2)S(=O)(=O)N(C)CCN2CCN(S(C)(=O)=O)CC2)cc1.COC(=O)c1ccc(CN(c2ccccc2)S(=O)(=O)N(C)CCN2CCNCC2)cc1.CS(=O)(=O)Cl.Cl. The van der Waals surface area contributed by atoms with E-state index in [2.05, 4.69) is 25.8 Å². The summed E-state index contributed by atoms with van der Waals surface area (Å²) in [7, 11) is -3.74. The number of carbonyl (C=O) groups excluding carboxylic acids is 2. The number of anilines is 2. The minimum Gasteiger partial charge on any atom is -0.465 e. The highest BCUT2D eigenvalue weighted by Gasteiger charge is 2.31. The predicted molar refractivity (Wildman–Crippen MR) is 284 cm³/mol. The van der Waals surface area contributed by atoms with Crippen LogP contribution in [-0.4, -0.2) is 188 Å². The molecule has 0 aromatic heterocycles. The number of hydrogen-bond acceptors (Lipinski definition) is 15. The highest BCUT2D eigenvalue weighted by Crippen LogP contribution is 2.25. The zero-order chi connectivity index (χ0) is 52.4. The molecule has 0 aliphatic carbocycles. The fourth-order valence-corrected chi connectivity index (χ4v) is 10.7. The molecule has 0 spiro atoms. The third-order valence-corrected chi connectivity index (χ3v) is 16.3. The number of benzene rings is 4. The Hall–Kier alpha value is -4.44. The van der Waals surface area contributed by atoms with Gasteiger partial charge in [0, 0.05) is 103 Å². The molecule has 2 fully saturated rings. The molecule has 0 radical (unpaired) electrons. The summed E-state index contributed by atoms with van der Waals surface area (Å²) < 4.78 is 113. The van der Waals surface area contributed by atoms with Crippen molar-refractivity contribution < 1.29 is 52.7 Å². The average molecular weight is 1120 g/mol. The molecule has 72 heavy (non-hydrogen) atoms. The summed E-state index contributed by atoms with van der Waals surface area (Å²) in [5.74, 6) is -0.882. The number of methoxy groups -OCH3 is 2. The first-order valence-corrected chi connectivity index (χ1v) is 29.7. The Morgan fingerprint density at radius 3 is 1.21 bits per heavy atom. The zero-order valence-corrected chi connectivity index (χ0v) is 46.1. The molecule has 0 amide bonds. The van der Waals surface area contributed by atoms with Crippen molar-refractivity contribution >= 4 is 85.9 Å². The van der Waals surface area contributed by atoms with Gasteiger partial charge in [0.25, 0.3) is 0 Å². The number of hydrogen-bond donors (Lipinski definition) is 1. The maximum atomic E-state index is 13.6. The molecule has 1 N–H and O–H groups in total. The van der Waals surface area contributed by atoms with Crippen LogP contribution < -0.4 is 13.9 Å². The molecular formula is C46H66Cl2N8O12S4. The van der Waals surface area contributed by atoms with Crippen LogP contribution in [0, 0.1) is 0 Å². The number of halogens is 2. The van der Waals surface area contributed by atoms with Gasteiger partial charge in [0.2, 0.25) is 19.1 Å². The summed E-state index contributed by atoms with van der Waals surface area (Å²) in [6.45, 7) is 7.67. The summed E-state index contributed by atoms with van der Waals surface area (Å²) in [5, 5.41) is 3.30. The van der Waals surface area contributed by atoms with E-state index in [0.717, 1.165) is 43.6 Å². The standard InChI is InChI=1S/C23H32N4O6S2.C22H30N4O4S.CH3ClO2S.ClH/c1-24(13-14-25-15-17-26(18-16-25)34(3,29)30)35(31,32)27(22-7-5-4-6-8-22)19-20-9-11-21(12-10-20)23(28)33-2;1-24(16-17-25-14-12-23-13-15-25)31(28,29)26(21-6-4-3-5-7-21)18-19-8-10-20(11-9-19)22(27)30-2;1-5(2,3)4;/h4-12H,13-19H2,1-3H3;3-11,23H,12-18H2,1-2H3;1H3;1H. The molecule has 2 heterocycles. The molecule has 0 atom stereocenters. The molecule has 4 aromatic carbocycles. The Balaban J connectivity index is 0.000000345.